The molecule has 0 aliphatic heterocycles. The largest absolute Gasteiger partial charge is 0.369 e. The van der Waals surface area contributed by atoms with Gasteiger partial charge < -0.3 is 24.1 Å². The minimum absolute atomic E-state index is 0.0433. The van der Waals surface area contributed by atoms with Gasteiger partial charge in [-0.25, -0.2) is 4.98 Å². The Morgan fingerprint density at radius 3 is 2.18 bits per heavy atom. The van der Waals surface area contributed by atoms with E-state index in [2.05, 4.69) is 15.0 Å². The minimum atomic E-state index is -3.79. The van der Waals surface area contributed by atoms with E-state index in [1.165, 1.54) is 6.33 Å². The molecule has 2 aromatic carbocycles. The van der Waals surface area contributed by atoms with E-state index in [-0.39, 0.29) is 71.6 Å². The van der Waals surface area contributed by atoms with Gasteiger partial charge in [0.15, 0.2) is 11.2 Å². The second kappa shape index (κ2) is 15.8. The first-order valence-electron chi connectivity index (χ1n) is 13.2. The maximum absolute atomic E-state index is 13.5. The molecule has 13 nitrogen and oxygen atoms in total. The van der Waals surface area contributed by atoms with Crippen LogP contribution in [-0.4, -0.2) is 67.4 Å². The number of nitriles is 1. The Morgan fingerprint density at radius 2 is 1.59 bits per heavy atom. The Labute approximate surface area is 261 Å². The quantitative estimate of drug-likeness (QED) is 0.137. The summed E-state index contributed by atoms with van der Waals surface area (Å²) in [6.45, 7) is 2.10. The van der Waals surface area contributed by atoms with Gasteiger partial charge in [0.05, 0.1) is 37.8 Å². The number of aromatic nitrogens is 4. The zero-order chi connectivity index (χ0) is 31.5. The molecule has 0 saturated carbocycles. The van der Waals surface area contributed by atoms with Crippen molar-refractivity contribution in [3.8, 4) is 6.07 Å². The number of H-pyrrole nitrogens is 1. The second-order valence-corrected chi connectivity index (χ2v) is 13.3. The van der Waals surface area contributed by atoms with Crippen molar-refractivity contribution in [2.75, 3.05) is 43.4 Å². The fraction of sp³-hybridized carbons (Fsp3) is 0.286. The normalized spacial score (nSPS) is 12.5. The van der Waals surface area contributed by atoms with Crippen LogP contribution >= 0.6 is 31.1 Å². The maximum Gasteiger partial charge on any atom is 0.356 e. The molecule has 0 fully saturated rings. The van der Waals surface area contributed by atoms with Crippen LogP contribution in [0.25, 0.3) is 11.2 Å². The van der Waals surface area contributed by atoms with Crippen LogP contribution in [0.5, 0.6) is 0 Å². The van der Waals surface area contributed by atoms with Crippen LogP contribution in [-0.2, 0) is 24.9 Å². The summed E-state index contributed by atoms with van der Waals surface area (Å²) in [7, 11) is -3.79. The molecule has 1 atom stereocenters. The smallest absolute Gasteiger partial charge is 0.356 e. The number of imidazole rings is 1. The molecule has 230 valence electrons. The van der Waals surface area contributed by atoms with Crippen molar-refractivity contribution in [1.29, 1.82) is 5.26 Å². The number of nitrogens with one attached hydrogen (secondary N) is 1. The number of carbonyl (C=O) groups excluding carboxylic acids is 2. The molecule has 0 radical (unpaired) electrons. The van der Waals surface area contributed by atoms with Gasteiger partial charge in [-0.15, -0.1) is 0 Å². The summed E-state index contributed by atoms with van der Waals surface area (Å²) in [4.78, 5) is 47.4. The fourth-order valence-electron chi connectivity index (χ4n) is 3.74. The molecule has 4 aromatic rings. The van der Waals surface area contributed by atoms with Crippen LogP contribution < -0.4 is 11.3 Å². The number of aryl methyl sites for hydroxylation is 1. The molecule has 4 rings (SSSR count). The Balaban J connectivity index is 1.30. The van der Waals surface area contributed by atoms with Gasteiger partial charge in [-0.2, -0.15) is 10.2 Å². The van der Waals surface area contributed by atoms with Crippen LogP contribution in [0.2, 0.25) is 0 Å². The number of hydrogen-bond donors (Lipinski definition) is 2. The minimum Gasteiger partial charge on any atom is -0.369 e. The van der Waals surface area contributed by atoms with Gasteiger partial charge in [-0.1, -0.05) is 53.4 Å². The fourth-order valence-corrected chi connectivity index (χ4v) is 6.62. The first-order valence-corrected chi connectivity index (χ1v) is 16.9. The molecule has 0 saturated heterocycles. The molecule has 0 aliphatic rings. The number of rotatable bonds is 15. The highest BCUT2D eigenvalue weighted by Gasteiger charge is 2.26. The van der Waals surface area contributed by atoms with E-state index in [9.17, 15) is 18.9 Å². The number of benzene rings is 2. The number of aromatic amines is 1. The first-order chi connectivity index (χ1) is 21.2. The summed E-state index contributed by atoms with van der Waals surface area (Å²) < 4.78 is 31.9. The highest BCUT2D eigenvalue weighted by Crippen LogP contribution is 2.48. The van der Waals surface area contributed by atoms with E-state index in [0.29, 0.717) is 16.7 Å². The summed E-state index contributed by atoms with van der Waals surface area (Å²) in [5, 5.41) is 8.56. The number of carbonyl (C=O) groups is 2. The first kappa shape index (κ1) is 33.1. The van der Waals surface area contributed by atoms with Gasteiger partial charge >= 0.3 is 7.60 Å². The molecule has 0 amide bonds. The monoisotopic (exact) mass is 656 g/mol. The molecule has 0 bridgehead atoms. The Bertz CT molecular complexity index is 1750. The summed E-state index contributed by atoms with van der Waals surface area (Å²) in [5.41, 5.74) is 8.05. The van der Waals surface area contributed by atoms with Crippen molar-refractivity contribution in [2.24, 2.45) is 0 Å². The number of nitrogen functional groups attached to an aromatic ring is 1. The number of hydrogen-bond acceptors (Lipinski definition) is 13. The molecule has 1 unspecified atom stereocenters. The van der Waals surface area contributed by atoms with Gasteiger partial charge in [0, 0.05) is 29.2 Å². The molecule has 0 spiro atoms. The average Bonchev–Trinajstić information content (AvgIpc) is 3.43. The highest BCUT2D eigenvalue weighted by molar-refractivity contribution is 8.14. The van der Waals surface area contributed by atoms with Crippen LogP contribution in [0.15, 0.2) is 59.7 Å². The second-order valence-electron chi connectivity index (χ2n) is 9.20. The predicted octanol–water partition coefficient (Wildman–Crippen LogP) is 4.23. The van der Waals surface area contributed by atoms with E-state index in [1.54, 1.807) is 41.0 Å². The van der Waals surface area contributed by atoms with Gasteiger partial charge in [-0.05, 0) is 31.2 Å². The molecule has 3 N–H and O–H groups in total. The number of fused-ring (bicyclic) bond motifs is 1. The summed E-state index contributed by atoms with van der Waals surface area (Å²) in [6.07, 6.45) is 1.03. The predicted molar refractivity (Wildman–Crippen MR) is 169 cm³/mol. The van der Waals surface area contributed by atoms with Crippen molar-refractivity contribution >= 4 is 58.5 Å². The van der Waals surface area contributed by atoms with E-state index in [1.807, 2.05) is 25.1 Å². The van der Waals surface area contributed by atoms with Gasteiger partial charge in [-0.3, -0.25) is 23.9 Å². The number of thioether (sulfide) groups is 2. The number of nitrogens with two attached hydrogens (primary N) is 1. The van der Waals surface area contributed by atoms with E-state index < -0.39 is 13.2 Å². The van der Waals surface area contributed by atoms with Crippen LogP contribution in [0, 0.1) is 18.3 Å². The van der Waals surface area contributed by atoms with Crippen molar-refractivity contribution < 1.29 is 27.9 Å². The lowest BCUT2D eigenvalue weighted by molar-refractivity contribution is 0.108. The van der Waals surface area contributed by atoms with E-state index in [0.717, 1.165) is 29.1 Å². The standard InChI is InChI=1S/C28H29N6O7PS2/c1-19-2-6-21(7-3-19)26(36)43-14-12-40-42(38,41-13-15-44-27(37)22-8-4-20(16-29)5-9-22)18-39-11-10-34-17-31-23-24(34)32-28(30)33-25(23)35/h2-9,17H,10-15,18H2,1H3,(H3,30,32,33,35). The summed E-state index contributed by atoms with van der Waals surface area (Å²) in [5.74, 6) is 0.371. The van der Waals surface area contributed by atoms with Crippen LogP contribution in [0.4, 0.5) is 5.95 Å². The number of ether oxygens (including phenoxy) is 1. The van der Waals surface area contributed by atoms with Gasteiger partial charge in [0.2, 0.25) is 16.2 Å². The topological polar surface area (TPSA) is 192 Å². The SMILES string of the molecule is Cc1ccc(C(=O)SCCOP(=O)(COCCn2cnc3c(=O)[nH]c(N)nc32)OCCSC(=O)c2ccc(C#N)cc2)cc1. The molecule has 0 aliphatic carbocycles. The molecular formula is C28H29N6O7PS2. The Morgan fingerprint density at radius 1 is 1.00 bits per heavy atom. The molecular weight excluding hydrogens is 627 g/mol. The lowest BCUT2D eigenvalue weighted by Crippen LogP contribution is -2.14. The van der Waals surface area contributed by atoms with E-state index in [4.69, 9.17) is 24.8 Å². The third kappa shape index (κ3) is 9.36. The molecule has 16 heteroatoms. The lowest BCUT2D eigenvalue weighted by Gasteiger charge is -2.18. The third-order valence-electron chi connectivity index (χ3n) is 5.96. The van der Waals surface area contributed by atoms with Crippen LogP contribution in [0.1, 0.15) is 31.8 Å². The zero-order valence-corrected chi connectivity index (χ0v) is 26.2. The average molecular weight is 657 g/mol. The van der Waals surface area contributed by atoms with Crippen molar-refractivity contribution in [2.45, 2.75) is 13.5 Å². The van der Waals surface area contributed by atoms with Crippen molar-refractivity contribution in [3.63, 3.8) is 0 Å². The third-order valence-corrected chi connectivity index (χ3v) is 9.35. The zero-order valence-electron chi connectivity index (χ0n) is 23.6. The molecule has 44 heavy (non-hydrogen) atoms. The van der Waals surface area contributed by atoms with Crippen molar-refractivity contribution in [1.82, 2.24) is 19.5 Å². The van der Waals surface area contributed by atoms with Crippen molar-refractivity contribution in [3.05, 3.63) is 87.5 Å². The van der Waals surface area contributed by atoms with Crippen LogP contribution in [0.3, 0.4) is 0 Å². The van der Waals surface area contributed by atoms with E-state index >= 15 is 0 Å². The number of nitrogens with zero attached hydrogens (tertiary/aromatic N) is 4. The molecule has 2 heterocycles. The number of anilines is 1. The maximum atomic E-state index is 13.5. The Hall–Kier alpha value is -3.77. The summed E-state index contributed by atoms with van der Waals surface area (Å²) >= 11 is 2.01. The Kier molecular flexibility index (Phi) is 11.9. The molecule has 2 aromatic heterocycles. The lowest BCUT2D eigenvalue weighted by atomic mass is 10.2. The summed E-state index contributed by atoms with van der Waals surface area (Å²) in [6, 6.07) is 15.4. The van der Waals surface area contributed by atoms with Gasteiger partial charge in [0.25, 0.3) is 5.56 Å². The highest BCUT2D eigenvalue weighted by atomic mass is 32.2. The van der Waals surface area contributed by atoms with Gasteiger partial charge in [0.1, 0.15) is 6.35 Å².